The number of benzene rings is 2. The number of hydrogen-bond donors (Lipinski definition) is 1. The molecule has 1 unspecified atom stereocenters. The van der Waals surface area contributed by atoms with E-state index in [9.17, 15) is 18.0 Å². The molecule has 3 aromatic rings. The van der Waals surface area contributed by atoms with Crippen molar-refractivity contribution >= 4 is 38.6 Å². The number of nitrogens with one attached hydrogen (secondary N) is 1. The number of fused-ring (bicyclic) bond motifs is 1. The quantitative estimate of drug-likeness (QED) is 0.323. The molecule has 0 saturated carbocycles. The maximum Gasteiger partial charge on any atom is 0.336 e. The molecule has 1 heterocycles. The largest absolute Gasteiger partial charge is 0.424 e. The Morgan fingerprint density at radius 3 is 2.45 bits per heavy atom. The summed E-state index contributed by atoms with van der Waals surface area (Å²) in [6.07, 6.45) is 0.750. The van der Waals surface area contributed by atoms with Gasteiger partial charge in [0.15, 0.2) is 5.75 Å². The minimum Gasteiger partial charge on any atom is -0.424 e. The molecule has 0 aliphatic heterocycles. The summed E-state index contributed by atoms with van der Waals surface area (Å²) in [4.78, 5) is 24.5. The van der Waals surface area contributed by atoms with Gasteiger partial charge in [-0.2, -0.15) is 4.72 Å². The summed E-state index contributed by atoms with van der Waals surface area (Å²) >= 11 is 6.27. The number of hydrogen-bond acceptors (Lipinski definition) is 6. The van der Waals surface area contributed by atoms with Gasteiger partial charge < -0.3 is 9.15 Å². The highest BCUT2D eigenvalue weighted by molar-refractivity contribution is 7.89. The minimum atomic E-state index is -3.93. The number of carbonyl (C=O) groups excluding carboxylic acids is 1. The molecule has 0 spiro atoms. The van der Waals surface area contributed by atoms with E-state index >= 15 is 0 Å². The van der Waals surface area contributed by atoms with Crippen LogP contribution in [0.3, 0.4) is 0 Å². The zero-order valence-corrected chi connectivity index (χ0v) is 18.8. The molecule has 1 atom stereocenters. The van der Waals surface area contributed by atoms with Crippen LogP contribution in [0.5, 0.6) is 5.75 Å². The molecule has 31 heavy (non-hydrogen) atoms. The van der Waals surface area contributed by atoms with Gasteiger partial charge in [-0.1, -0.05) is 43.1 Å². The van der Waals surface area contributed by atoms with Crippen molar-refractivity contribution < 1.29 is 22.4 Å². The fourth-order valence-corrected chi connectivity index (χ4v) is 4.52. The Balaban J connectivity index is 1.86. The van der Waals surface area contributed by atoms with Gasteiger partial charge in [0, 0.05) is 17.5 Å². The van der Waals surface area contributed by atoms with Crippen molar-refractivity contribution in [2.24, 2.45) is 0 Å². The molecule has 0 radical (unpaired) electrons. The van der Waals surface area contributed by atoms with E-state index in [1.165, 1.54) is 24.3 Å². The number of carbonyl (C=O) groups is 1. The maximum absolute atomic E-state index is 12.7. The third kappa shape index (κ3) is 5.15. The van der Waals surface area contributed by atoms with Crippen LogP contribution in [-0.4, -0.2) is 20.4 Å². The van der Waals surface area contributed by atoms with E-state index in [2.05, 4.69) is 4.72 Å². The Morgan fingerprint density at radius 2 is 1.84 bits per heavy atom. The standard InChI is InChI=1S/C22H22ClNO6S/c1-4-14-10-21(25)29-19-12-20(17(23)11-16(14)19)30-22(26)18(5-2)24-31(27,28)15-8-6-13(3)7-9-15/h6-12,18,24H,4-5H2,1-3H3. The van der Waals surface area contributed by atoms with Crippen LogP contribution in [0.1, 0.15) is 31.4 Å². The molecule has 0 bridgehead atoms. The van der Waals surface area contributed by atoms with Gasteiger partial charge in [-0.3, -0.25) is 0 Å². The van der Waals surface area contributed by atoms with Crippen LogP contribution in [0.25, 0.3) is 11.0 Å². The highest BCUT2D eigenvalue weighted by Crippen LogP contribution is 2.31. The van der Waals surface area contributed by atoms with Crippen LogP contribution < -0.4 is 15.1 Å². The lowest BCUT2D eigenvalue weighted by Gasteiger charge is -2.17. The Morgan fingerprint density at radius 1 is 1.16 bits per heavy atom. The van der Waals surface area contributed by atoms with E-state index in [-0.39, 0.29) is 27.7 Å². The minimum absolute atomic E-state index is 0.0245. The molecular weight excluding hydrogens is 442 g/mol. The highest BCUT2D eigenvalue weighted by atomic mass is 35.5. The zero-order chi connectivity index (χ0) is 22.8. The average molecular weight is 464 g/mol. The molecule has 3 rings (SSSR count). The summed E-state index contributed by atoms with van der Waals surface area (Å²) in [6.45, 7) is 5.38. The van der Waals surface area contributed by atoms with Gasteiger partial charge in [0.2, 0.25) is 10.0 Å². The summed E-state index contributed by atoms with van der Waals surface area (Å²) < 4.78 is 38.2. The number of esters is 1. The van der Waals surface area contributed by atoms with Gasteiger partial charge >= 0.3 is 11.6 Å². The molecular formula is C22H22ClNO6S. The van der Waals surface area contributed by atoms with Crippen molar-refractivity contribution in [3.05, 3.63) is 69.0 Å². The average Bonchev–Trinajstić information content (AvgIpc) is 2.72. The predicted octanol–water partition coefficient (Wildman–Crippen LogP) is 3.98. The van der Waals surface area contributed by atoms with Crippen LogP contribution in [0.4, 0.5) is 0 Å². The molecule has 1 aromatic heterocycles. The van der Waals surface area contributed by atoms with Crippen molar-refractivity contribution in [1.29, 1.82) is 0 Å². The second-order valence-electron chi connectivity index (χ2n) is 7.04. The van der Waals surface area contributed by atoms with Crippen LogP contribution >= 0.6 is 11.6 Å². The van der Waals surface area contributed by atoms with Crippen molar-refractivity contribution in [2.75, 3.05) is 0 Å². The topological polar surface area (TPSA) is 103 Å². The second kappa shape index (κ2) is 9.21. The second-order valence-corrected chi connectivity index (χ2v) is 9.16. The first kappa shape index (κ1) is 23.0. The summed E-state index contributed by atoms with van der Waals surface area (Å²) in [5, 5.41) is 0.777. The van der Waals surface area contributed by atoms with Crippen molar-refractivity contribution in [1.82, 2.24) is 4.72 Å². The summed E-state index contributed by atoms with van der Waals surface area (Å²) in [5.41, 5.74) is 1.36. The number of aryl methyl sites for hydroxylation is 2. The first-order chi connectivity index (χ1) is 14.6. The number of sulfonamides is 1. The lowest BCUT2D eigenvalue weighted by atomic mass is 10.1. The zero-order valence-electron chi connectivity index (χ0n) is 17.3. The lowest BCUT2D eigenvalue weighted by molar-refractivity contribution is -0.136. The van der Waals surface area contributed by atoms with Gasteiger partial charge in [-0.05, 0) is 43.5 Å². The molecule has 0 aliphatic carbocycles. The van der Waals surface area contributed by atoms with Crippen LogP contribution in [0, 0.1) is 6.92 Å². The molecule has 1 N–H and O–H groups in total. The molecule has 0 amide bonds. The van der Waals surface area contributed by atoms with Crippen molar-refractivity contribution in [3.63, 3.8) is 0 Å². The summed E-state index contributed by atoms with van der Waals surface area (Å²) in [5.74, 6) is -0.850. The number of ether oxygens (including phenoxy) is 1. The SMILES string of the molecule is CCc1cc(=O)oc2cc(OC(=O)C(CC)NS(=O)(=O)c3ccc(C)cc3)c(Cl)cc12. The van der Waals surface area contributed by atoms with Crippen molar-refractivity contribution in [2.45, 2.75) is 44.6 Å². The first-order valence-electron chi connectivity index (χ1n) is 9.71. The maximum atomic E-state index is 12.7. The first-order valence-corrected chi connectivity index (χ1v) is 11.6. The fraction of sp³-hybridized carbons (Fsp3) is 0.273. The normalized spacial score (nSPS) is 12.6. The molecule has 2 aromatic carbocycles. The van der Waals surface area contributed by atoms with Crippen LogP contribution in [0.15, 0.2) is 56.6 Å². The highest BCUT2D eigenvalue weighted by Gasteiger charge is 2.27. The number of halogens is 1. The van der Waals surface area contributed by atoms with E-state index in [0.29, 0.717) is 11.8 Å². The predicted molar refractivity (Wildman–Crippen MR) is 118 cm³/mol. The van der Waals surface area contributed by atoms with E-state index in [4.69, 9.17) is 20.8 Å². The third-order valence-corrected chi connectivity index (χ3v) is 6.58. The molecule has 0 saturated heterocycles. The van der Waals surface area contributed by atoms with E-state index in [1.807, 2.05) is 13.8 Å². The van der Waals surface area contributed by atoms with Crippen LogP contribution in [-0.2, 0) is 21.2 Å². The van der Waals surface area contributed by atoms with Gasteiger partial charge in [-0.25, -0.2) is 18.0 Å². The Kier molecular flexibility index (Phi) is 6.83. The van der Waals surface area contributed by atoms with Gasteiger partial charge in [-0.15, -0.1) is 0 Å². The molecule has 9 heteroatoms. The number of rotatable bonds is 7. The van der Waals surface area contributed by atoms with Crippen molar-refractivity contribution in [3.8, 4) is 5.75 Å². The molecule has 164 valence electrons. The smallest absolute Gasteiger partial charge is 0.336 e. The third-order valence-electron chi connectivity index (χ3n) is 4.80. The monoisotopic (exact) mass is 463 g/mol. The van der Waals surface area contributed by atoms with Gasteiger partial charge in [0.25, 0.3) is 0 Å². The van der Waals surface area contributed by atoms with Gasteiger partial charge in [0.1, 0.15) is 11.6 Å². The summed E-state index contributed by atoms with van der Waals surface area (Å²) in [6, 6.07) is 9.43. The fourth-order valence-electron chi connectivity index (χ4n) is 3.05. The van der Waals surface area contributed by atoms with E-state index in [0.717, 1.165) is 11.1 Å². The Hall–Kier alpha value is -2.68. The Labute approximate surface area is 185 Å². The van der Waals surface area contributed by atoms with Crippen LogP contribution in [0.2, 0.25) is 5.02 Å². The molecule has 7 nitrogen and oxygen atoms in total. The van der Waals surface area contributed by atoms with E-state index in [1.54, 1.807) is 25.1 Å². The molecule has 0 fully saturated rings. The summed E-state index contributed by atoms with van der Waals surface area (Å²) in [7, 11) is -3.93. The lowest BCUT2D eigenvalue weighted by Crippen LogP contribution is -2.42. The molecule has 0 aliphatic rings. The Bertz CT molecular complexity index is 1280. The van der Waals surface area contributed by atoms with E-state index < -0.39 is 27.7 Å². The van der Waals surface area contributed by atoms with Gasteiger partial charge in [0.05, 0.1) is 9.92 Å².